The molecule has 0 aromatic carbocycles. The Labute approximate surface area is 167 Å². The predicted molar refractivity (Wildman–Crippen MR) is 110 cm³/mol. The van der Waals surface area contributed by atoms with E-state index in [4.69, 9.17) is 11.0 Å². The molecule has 0 aliphatic heterocycles. The summed E-state index contributed by atoms with van der Waals surface area (Å²) < 4.78 is 4.30. The number of hydrogen-bond donors (Lipinski definition) is 1. The van der Waals surface area contributed by atoms with Crippen LogP contribution in [-0.4, -0.2) is 43.3 Å². The minimum atomic E-state index is -0.476. The van der Waals surface area contributed by atoms with Gasteiger partial charge in [-0.1, -0.05) is 0 Å². The monoisotopic (exact) mass is 396 g/mol. The molecule has 0 aliphatic carbocycles. The maximum absolute atomic E-state index is 13.2. The fraction of sp³-hybridized carbons (Fsp3) is 0.421. The molecule has 0 aliphatic rings. The van der Waals surface area contributed by atoms with Crippen molar-refractivity contribution in [3.05, 3.63) is 50.4 Å². The van der Waals surface area contributed by atoms with Gasteiger partial charge < -0.3 is 15.2 Å². The van der Waals surface area contributed by atoms with Crippen molar-refractivity contribution >= 4 is 17.1 Å². The Morgan fingerprint density at radius 1 is 1.31 bits per heavy atom. The van der Waals surface area contributed by atoms with Crippen molar-refractivity contribution in [2.75, 3.05) is 18.5 Å². The molecule has 0 bridgehead atoms. The number of imidazole rings is 1. The van der Waals surface area contributed by atoms with Gasteiger partial charge in [-0.25, -0.2) is 4.79 Å². The highest BCUT2D eigenvalue weighted by Gasteiger charge is 2.22. The molecule has 10 nitrogen and oxygen atoms in total. The van der Waals surface area contributed by atoms with Crippen LogP contribution in [0.1, 0.15) is 25.1 Å². The molecule has 152 valence electrons. The van der Waals surface area contributed by atoms with Crippen molar-refractivity contribution in [2.45, 2.75) is 33.0 Å². The van der Waals surface area contributed by atoms with Crippen molar-refractivity contribution in [1.82, 2.24) is 23.7 Å². The molecule has 3 aromatic heterocycles. The van der Waals surface area contributed by atoms with Gasteiger partial charge in [0.1, 0.15) is 6.07 Å². The van der Waals surface area contributed by atoms with E-state index in [1.165, 1.54) is 10.8 Å². The van der Waals surface area contributed by atoms with Crippen LogP contribution in [0.2, 0.25) is 0 Å². The molecule has 0 radical (unpaired) electrons. The smallest absolute Gasteiger partial charge is 0.332 e. The lowest BCUT2D eigenvalue weighted by Crippen LogP contribution is -2.40. The van der Waals surface area contributed by atoms with Gasteiger partial charge >= 0.3 is 5.69 Å². The normalized spacial score (nSPS) is 12.1. The second-order valence-electron chi connectivity index (χ2n) is 7.07. The second kappa shape index (κ2) is 7.89. The van der Waals surface area contributed by atoms with Gasteiger partial charge in [0.2, 0.25) is 5.95 Å². The summed E-state index contributed by atoms with van der Waals surface area (Å²) in [5.41, 5.74) is 6.61. The average molecular weight is 396 g/mol. The number of anilines is 1. The Kier molecular flexibility index (Phi) is 5.52. The zero-order valence-corrected chi connectivity index (χ0v) is 17.0. The molecule has 2 N–H and O–H groups in total. The van der Waals surface area contributed by atoms with Crippen LogP contribution in [0.25, 0.3) is 11.2 Å². The Morgan fingerprint density at radius 2 is 2.03 bits per heavy atom. The molecule has 29 heavy (non-hydrogen) atoms. The lowest BCUT2D eigenvalue weighted by Gasteiger charge is -2.20. The third kappa shape index (κ3) is 3.64. The molecule has 0 saturated heterocycles. The van der Waals surface area contributed by atoms with Gasteiger partial charge in [-0.3, -0.25) is 18.9 Å². The zero-order valence-electron chi connectivity index (χ0n) is 17.0. The molecule has 1 unspecified atom stereocenters. The van der Waals surface area contributed by atoms with Crippen molar-refractivity contribution < 1.29 is 0 Å². The van der Waals surface area contributed by atoms with E-state index < -0.39 is 11.2 Å². The highest BCUT2D eigenvalue weighted by molar-refractivity contribution is 5.74. The number of nitrogens with zero attached hydrogens (tertiary/aromatic N) is 7. The quantitative estimate of drug-likeness (QED) is 0.622. The largest absolute Gasteiger partial charge is 0.344 e. The number of nitriles is 1. The molecule has 3 heterocycles. The molecule has 0 saturated carbocycles. The van der Waals surface area contributed by atoms with Gasteiger partial charge in [0.05, 0.1) is 17.8 Å². The predicted octanol–water partition coefficient (Wildman–Crippen LogP) is 0.0150. The van der Waals surface area contributed by atoms with E-state index in [-0.39, 0.29) is 12.6 Å². The number of likely N-dealkylation sites (N-methyl/N-ethyl adjacent to an activating group) is 1. The van der Waals surface area contributed by atoms with Crippen molar-refractivity contribution in [3.8, 4) is 6.07 Å². The van der Waals surface area contributed by atoms with Crippen molar-refractivity contribution in [3.63, 3.8) is 0 Å². The molecule has 3 rings (SSSR count). The summed E-state index contributed by atoms with van der Waals surface area (Å²) in [6, 6.07) is 5.16. The van der Waals surface area contributed by atoms with Crippen LogP contribution >= 0.6 is 0 Å². The Balaban J connectivity index is 2.19. The van der Waals surface area contributed by atoms with Gasteiger partial charge in [0.25, 0.3) is 5.56 Å². The van der Waals surface area contributed by atoms with Crippen LogP contribution in [0.3, 0.4) is 0 Å². The van der Waals surface area contributed by atoms with Gasteiger partial charge in [-0.2, -0.15) is 10.2 Å². The van der Waals surface area contributed by atoms with Crippen LogP contribution < -0.4 is 21.9 Å². The summed E-state index contributed by atoms with van der Waals surface area (Å²) in [6.07, 6.45) is 1.42. The summed E-state index contributed by atoms with van der Waals surface area (Å²) in [4.78, 5) is 36.7. The first-order valence-corrected chi connectivity index (χ1v) is 9.30. The number of aromatic nitrogens is 5. The van der Waals surface area contributed by atoms with Crippen LogP contribution in [0.15, 0.2) is 27.9 Å². The second-order valence-corrected chi connectivity index (χ2v) is 7.07. The maximum atomic E-state index is 13.2. The van der Waals surface area contributed by atoms with Crippen LogP contribution in [-0.2, 0) is 20.1 Å². The number of rotatable bonds is 6. The first-order valence-electron chi connectivity index (χ1n) is 9.30. The molecule has 1 atom stereocenters. The number of pyridine rings is 1. The van der Waals surface area contributed by atoms with Crippen molar-refractivity contribution in [1.29, 1.82) is 5.26 Å². The third-order valence-electron chi connectivity index (χ3n) is 4.71. The minimum Gasteiger partial charge on any atom is -0.344 e. The first-order chi connectivity index (χ1) is 13.8. The maximum Gasteiger partial charge on any atom is 0.332 e. The van der Waals surface area contributed by atoms with E-state index in [0.29, 0.717) is 41.5 Å². The highest BCUT2D eigenvalue weighted by atomic mass is 16.2. The summed E-state index contributed by atoms with van der Waals surface area (Å²) in [6.45, 7) is 4.88. The molecular weight excluding hydrogens is 372 g/mol. The summed E-state index contributed by atoms with van der Waals surface area (Å²) in [5, 5.41) is 8.90. The number of fused-ring (bicyclic) bond motifs is 1. The summed E-state index contributed by atoms with van der Waals surface area (Å²) in [5.74, 6) is 0.584. The van der Waals surface area contributed by atoms with E-state index in [1.54, 1.807) is 23.7 Å². The standard InChI is InChI=1S/C19H24N8O2/c1-5-26-15-16(23-18(26)24(3)10-12(2)21)25(4)19(29)27(17(15)28)11-14-7-6-13(8-20)9-22-14/h6-7,9,12H,5,10-11,21H2,1-4H3. The minimum absolute atomic E-state index is 0.00700. The SMILES string of the molecule is CCn1c(N(C)CC(C)N)nc2c1c(=O)n(Cc1ccc(C#N)cn1)c(=O)n2C. The topological polar surface area (TPSA) is 128 Å². The Bertz CT molecular complexity index is 1190. The molecule has 0 amide bonds. The third-order valence-corrected chi connectivity index (χ3v) is 4.71. The van der Waals surface area contributed by atoms with Crippen molar-refractivity contribution in [2.24, 2.45) is 12.8 Å². The van der Waals surface area contributed by atoms with Crippen LogP contribution in [0, 0.1) is 11.3 Å². The Morgan fingerprint density at radius 3 is 2.59 bits per heavy atom. The van der Waals surface area contributed by atoms with E-state index in [1.807, 2.05) is 31.9 Å². The molecule has 0 spiro atoms. The Hall–Kier alpha value is -3.45. The fourth-order valence-corrected chi connectivity index (χ4v) is 3.35. The van der Waals surface area contributed by atoms with E-state index in [2.05, 4.69) is 9.97 Å². The lowest BCUT2D eigenvalue weighted by atomic mass is 10.2. The van der Waals surface area contributed by atoms with E-state index in [9.17, 15) is 9.59 Å². The fourth-order valence-electron chi connectivity index (χ4n) is 3.35. The number of nitrogens with two attached hydrogens (primary N) is 1. The molecule has 0 fully saturated rings. The van der Waals surface area contributed by atoms with E-state index in [0.717, 1.165) is 4.57 Å². The molecular formula is C19H24N8O2. The van der Waals surface area contributed by atoms with Gasteiger partial charge in [-0.15, -0.1) is 0 Å². The lowest BCUT2D eigenvalue weighted by molar-refractivity contribution is 0.641. The van der Waals surface area contributed by atoms with Gasteiger partial charge in [0, 0.05) is 39.4 Å². The summed E-state index contributed by atoms with van der Waals surface area (Å²) in [7, 11) is 3.45. The van der Waals surface area contributed by atoms with Gasteiger partial charge in [-0.05, 0) is 26.0 Å². The number of aryl methyl sites for hydroxylation is 2. The van der Waals surface area contributed by atoms with E-state index >= 15 is 0 Å². The van der Waals surface area contributed by atoms with Crippen LogP contribution in [0.5, 0.6) is 0 Å². The van der Waals surface area contributed by atoms with Crippen LogP contribution in [0.4, 0.5) is 5.95 Å². The molecule has 3 aromatic rings. The highest BCUT2D eigenvalue weighted by Crippen LogP contribution is 2.18. The zero-order chi connectivity index (χ0) is 21.3. The van der Waals surface area contributed by atoms with Gasteiger partial charge in [0.15, 0.2) is 11.2 Å². The first kappa shape index (κ1) is 20.3. The summed E-state index contributed by atoms with van der Waals surface area (Å²) >= 11 is 0. The number of hydrogen-bond acceptors (Lipinski definition) is 7. The molecule has 10 heteroatoms. The average Bonchev–Trinajstić information content (AvgIpc) is 3.09.